The van der Waals surface area contributed by atoms with Crippen molar-refractivity contribution in [2.24, 2.45) is 0 Å². The van der Waals surface area contributed by atoms with Crippen LogP contribution in [0.4, 0.5) is 0 Å². The molecular weight excluding hydrogens is 339 g/mol. The number of rotatable bonds is 4. The predicted octanol–water partition coefficient (Wildman–Crippen LogP) is 2.25. The van der Waals surface area contributed by atoms with Crippen molar-refractivity contribution in [2.75, 3.05) is 38.7 Å². The second kappa shape index (κ2) is 7.88. The van der Waals surface area contributed by atoms with Crippen LogP contribution in [0.1, 0.15) is 11.1 Å². The lowest BCUT2D eigenvalue weighted by Gasteiger charge is -2.34. The Balaban J connectivity index is 1.85. The van der Waals surface area contributed by atoms with Gasteiger partial charge in [-0.1, -0.05) is 11.6 Å². The minimum absolute atomic E-state index is 0.0215. The molecule has 0 unspecified atom stereocenters. The fourth-order valence-electron chi connectivity index (χ4n) is 2.52. The maximum absolute atomic E-state index is 12.2. The molecule has 0 spiro atoms. The first-order valence-electron chi connectivity index (χ1n) is 7.43. The predicted molar refractivity (Wildman–Crippen MR) is 90.3 cm³/mol. The summed E-state index contributed by atoms with van der Waals surface area (Å²) in [5.41, 5.74) is 1.84. The molecule has 2 amide bonds. The quantitative estimate of drug-likeness (QED) is 0.775. The molecule has 1 aliphatic heterocycles. The standard InChI is InChI=1S/C16H20Cl2N2O3/c1-11-7-13(8-12(2)16(11)18)23-10-15(22)20-5-3-19(4-6-20)14(21)9-17/h7-8H,3-6,9-10H2,1-2H3. The summed E-state index contributed by atoms with van der Waals surface area (Å²) in [6, 6.07) is 3.64. The lowest BCUT2D eigenvalue weighted by Crippen LogP contribution is -2.51. The molecule has 23 heavy (non-hydrogen) atoms. The number of halogens is 2. The van der Waals surface area contributed by atoms with Crippen molar-refractivity contribution in [3.8, 4) is 5.75 Å². The van der Waals surface area contributed by atoms with Crippen LogP contribution in [0.3, 0.4) is 0 Å². The number of nitrogens with zero attached hydrogens (tertiary/aromatic N) is 2. The number of aryl methyl sites for hydroxylation is 2. The molecule has 1 aliphatic rings. The van der Waals surface area contributed by atoms with Gasteiger partial charge in [0.05, 0.1) is 0 Å². The van der Waals surface area contributed by atoms with Crippen LogP contribution in [0.5, 0.6) is 5.75 Å². The summed E-state index contributed by atoms with van der Waals surface area (Å²) in [7, 11) is 0. The maximum Gasteiger partial charge on any atom is 0.260 e. The van der Waals surface area contributed by atoms with Gasteiger partial charge in [-0.15, -0.1) is 11.6 Å². The molecule has 0 atom stereocenters. The van der Waals surface area contributed by atoms with Gasteiger partial charge in [0.15, 0.2) is 6.61 Å². The van der Waals surface area contributed by atoms with Crippen LogP contribution in [-0.4, -0.2) is 60.3 Å². The number of alkyl halides is 1. The Labute approximate surface area is 146 Å². The van der Waals surface area contributed by atoms with Crippen LogP contribution in [0, 0.1) is 13.8 Å². The van der Waals surface area contributed by atoms with Gasteiger partial charge in [-0.2, -0.15) is 0 Å². The van der Waals surface area contributed by atoms with Crippen molar-refractivity contribution in [3.05, 3.63) is 28.3 Å². The Bertz CT molecular complexity index is 576. The third kappa shape index (κ3) is 4.52. The van der Waals surface area contributed by atoms with Crippen LogP contribution in [0.2, 0.25) is 5.02 Å². The Morgan fingerprint density at radius 2 is 1.52 bits per heavy atom. The molecule has 0 saturated carbocycles. The SMILES string of the molecule is Cc1cc(OCC(=O)N2CCN(C(=O)CCl)CC2)cc(C)c1Cl. The zero-order valence-corrected chi connectivity index (χ0v) is 14.8. The largest absolute Gasteiger partial charge is 0.484 e. The zero-order chi connectivity index (χ0) is 17.0. The molecule has 1 aromatic carbocycles. The Morgan fingerprint density at radius 3 is 2.00 bits per heavy atom. The number of hydrogen-bond acceptors (Lipinski definition) is 3. The molecule has 0 aliphatic carbocycles. The zero-order valence-electron chi connectivity index (χ0n) is 13.3. The second-order valence-corrected chi connectivity index (χ2v) is 6.20. The third-order valence-electron chi connectivity index (χ3n) is 3.87. The Kier molecular flexibility index (Phi) is 6.13. The molecule has 1 saturated heterocycles. The van der Waals surface area contributed by atoms with Gasteiger partial charge in [-0.25, -0.2) is 0 Å². The normalized spacial score (nSPS) is 14.8. The first-order valence-corrected chi connectivity index (χ1v) is 8.34. The summed E-state index contributed by atoms with van der Waals surface area (Å²) in [5, 5.41) is 0.712. The lowest BCUT2D eigenvalue weighted by molar-refractivity contribution is -0.139. The van der Waals surface area contributed by atoms with Gasteiger partial charge in [0.25, 0.3) is 5.91 Å². The molecule has 7 heteroatoms. The maximum atomic E-state index is 12.2. The molecule has 0 aromatic heterocycles. The average molecular weight is 359 g/mol. The first-order chi connectivity index (χ1) is 10.9. The fourth-order valence-corrected chi connectivity index (χ4v) is 2.79. The summed E-state index contributed by atoms with van der Waals surface area (Å²) in [4.78, 5) is 27.1. The van der Waals surface area contributed by atoms with E-state index in [-0.39, 0.29) is 24.3 Å². The Hall–Kier alpha value is -1.46. The molecule has 2 rings (SSSR count). The Morgan fingerprint density at radius 1 is 1.04 bits per heavy atom. The highest BCUT2D eigenvalue weighted by Gasteiger charge is 2.23. The van der Waals surface area contributed by atoms with Gasteiger partial charge in [-0.3, -0.25) is 9.59 Å². The van der Waals surface area contributed by atoms with Gasteiger partial charge >= 0.3 is 0 Å². The average Bonchev–Trinajstić information content (AvgIpc) is 2.56. The van der Waals surface area contributed by atoms with E-state index in [2.05, 4.69) is 0 Å². The van der Waals surface area contributed by atoms with E-state index in [1.807, 2.05) is 26.0 Å². The molecule has 0 N–H and O–H groups in total. The highest BCUT2D eigenvalue weighted by atomic mass is 35.5. The molecule has 1 aromatic rings. The van der Waals surface area contributed by atoms with Crippen molar-refractivity contribution in [2.45, 2.75) is 13.8 Å². The molecule has 0 radical (unpaired) electrons. The summed E-state index contributed by atoms with van der Waals surface area (Å²) in [6.45, 7) is 5.80. The third-order valence-corrected chi connectivity index (χ3v) is 4.70. The molecule has 1 fully saturated rings. The topological polar surface area (TPSA) is 49.9 Å². The molecular formula is C16H20Cl2N2O3. The summed E-state index contributed by atoms with van der Waals surface area (Å²) < 4.78 is 5.58. The van der Waals surface area contributed by atoms with Gasteiger partial charge in [0, 0.05) is 31.2 Å². The minimum Gasteiger partial charge on any atom is -0.484 e. The van der Waals surface area contributed by atoms with Crippen LogP contribution in [0.15, 0.2) is 12.1 Å². The molecule has 126 valence electrons. The van der Waals surface area contributed by atoms with Gasteiger partial charge in [0.2, 0.25) is 5.91 Å². The van der Waals surface area contributed by atoms with Crippen molar-refractivity contribution in [1.29, 1.82) is 0 Å². The molecule has 5 nitrogen and oxygen atoms in total. The smallest absolute Gasteiger partial charge is 0.260 e. The van der Waals surface area contributed by atoms with Crippen LogP contribution in [-0.2, 0) is 9.59 Å². The van der Waals surface area contributed by atoms with Crippen molar-refractivity contribution in [1.82, 2.24) is 9.80 Å². The summed E-state index contributed by atoms with van der Waals surface area (Å²) in [5.74, 6) is 0.427. The van der Waals surface area contributed by atoms with E-state index in [4.69, 9.17) is 27.9 Å². The van der Waals surface area contributed by atoms with E-state index in [0.29, 0.717) is 37.0 Å². The summed E-state index contributed by atoms with van der Waals surface area (Å²) >= 11 is 11.7. The number of carbonyl (C=O) groups excluding carboxylic acids is 2. The van der Waals surface area contributed by atoms with E-state index >= 15 is 0 Å². The van der Waals surface area contributed by atoms with E-state index in [1.165, 1.54) is 0 Å². The number of carbonyl (C=O) groups is 2. The number of piperazine rings is 1. The number of hydrogen-bond donors (Lipinski definition) is 0. The van der Waals surface area contributed by atoms with E-state index < -0.39 is 0 Å². The number of benzene rings is 1. The second-order valence-electron chi connectivity index (χ2n) is 5.55. The fraction of sp³-hybridized carbons (Fsp3) is 0.500. The van der Waals surface area contributed by atoms with Crippen LogP contribution >= 0.6 is 23.2 Å². The highest BCUT2D eigenvalue weighted by molar-refractivity contribution is 6.32. The lowest BCUT2D eigenvalue weighted by atomic mass is 10.1. The van der Waals surface area contributed by atoms with Crippen molar-refractivity contribution < 1.29 is 14.3 Å². The highest BCUT2D eigenvalue weighted by Crippen LogP contribution is 2.25. The monoisotopic (exact) mass is 358 g/mol. The number of amides is 2. The van der Waals surface area contributed by atoms with E-state index in [9.17, 15) is 9.59 Å². The first kappa shape index (κ1) is 17.9. The molecule has 1 heterocycles. The van der Waals surface area contributed by atoms with Gasteiger partial charge in [0.1, 0.15) is 11.6 Å². The van der Waals surface area contributed by atoms with Gasteiger partial charge < -0.3 is 14.5 Å². The van der Waals surface area contributed by atoms with E-state index in [0.717, 1.165) is 11.1 Å². The summed E-state index contributed by atoms with van der Waals surface area (Å²) in [6.07, 6.45) is 0. The minimum atomic E-state index is -0.0952. The van der Waals surface area contributed by atoms with Crippen molar-refractivity contribution in [3.63, 3.8) is 0 Å². The molecule has 0 bridgehead atoms. The number of ether oxygens (including phenoxy) is 1. The van der Waals surface area contributed by atoms with Crippen molar-refractivity contribution >= 4 is 35.0 Å². The van der Waals surface area contributed by atoms with Crippen LogP contribution < -0.4 is 4.74 Å². The van der Waals surface area contributed by atoms with Gasteiger partial charge in [-0.05, 0) is 37.1 Å². The van der Waals surface area contributed by atoms with E-state index in [1.54, 1.807) is 9.80 Å². The van der Waals surface area contributed by atoms with Crippen LogP contribution in [0.25, 0.3) is 0 Å².